The number of amides is 1. The van der Waals surface area contributed by atoms with Gasteiger partial charge in [-0.1, -0.05) is 48.5 Å². The van der Waals surface area contributed by atoms with Gasteiger partial charge in [0, 0.05) is 36.3 Å². The molecule has 5 heteroatoms. The molecule has 1 spiro atoms. The van der Waals surface area contributed by atoms with Crippen molar-refractivity contribution in [3.8, 4) is 6.07 Å². The molecule has 2 saturated heterocycles. The van der Waals surface area contributed by atoms with E-state index in [0.717, 1.165) is 38.0 Å². The fourth-order valence-electron chi connectivity index (χ4n) is 6.23. The standard InChI is InChI=1S/C27H34N4O/c1-25(2)27(15-18-29(19-16-27)24(32)23-13-9-6-10-14-23)31(21-22-11-7-5-8-12-22)26(3,4)30(25)20-17-28/h5-14H,15-16,18-21H2,1-4H3. The van der Waals surface area contributed by atoms with Gasteiger partial charge in [-0.2, -0.15) is 5.26 Å². The van der Waals surface area contributed by atoms with Crippen molar-refractivity contribution < 1.29 is 4.79 Å². The van der Waals surface area contributed by atoms with Crippen molar-refractivity contribution in [1.82, 2.24) is 14.7 Å². The first-order valence-corrected chi connectivity index (χ1v) is 11.5. The highest BCUT2D eigenvalue weighted by atomic mass is 16.2. The molecule has 2 aliphatic heterocycles. The lowest BCUT2D eigenvalue weighted by Crippen LogP contribution is -2.63. The molecule has 0 aliphatic carbocycles. The first kappa shape index (κ1) is 22.5. The zero-order valence-corrected chi connectivity index (χ0v) is 19.7. The van der Waals surface area contributed by atoms with E-state index < -0.39 is 0 Å². The molecule has 2 heterocycles. The zero-order chi connectivity index (χ0) is 23.0. The van der Waals surface area contributed by atoms with E-state index in [4.69, 9.17) is 0 Å². The minimum atomic E-state index is -0.277. The molecule has 168 valence electrons. The molecule has 2 aromatic rings. The van der Waals surface area contributed by atoms with Gasteiger partial charge in [-0.15, -0.1) is 0 Å². The molecule has 1 amide bonds. The molecule has 32 heavy (non-hydrogen) atoms. The summed E-state index contributed by atoms with van der Waals surface area (Å²) in [7, 11) is 0. The number of carbonyl (C=O) groups is 1. The van der Waals surface area contributed by atoms with Crippen LogP contribution in [0.4, 0.5) is 0 Å². The number of rotatable bonds is 4. The number of hydrogen-bond donors (Lipinski definition) is 0. The Kier molecular flexibility index (Phi) is 5.87. The number of likely N-dealkylation sites (tertiary alicyclic amines) is 1. The van der Waals surface area contributed by atoms with Gasteiger partial charge in [0.25, 0.3) is 5.91 Å². The van der Waals surface area contributed by atoms with E-state index in [1.54, 1.807) is 0 Å². The van der Waals surface area contributed by atoms with Crippen molar-refractivity contribution in [3.05, 3.63) is 71.8 Å². The summed E-state index contributed by atoms with van der Waals surface area (Å²) in [6.07, 6.45) is 1.77. The van der Waals surface area contributed by atoms with Crippen LogP contribution in [0.2, 0.25) is 0 Å². The van der Waals surface area contributed by atoms with Crippen LogP contribution in [0, 0.1) is 11.3 Å². The van der Waals surface area contributed by atoms with E-state index in [0.29, 0.717) is 6.54 Å². The fourth-order valence-corrected chi connectivity index (χ4v) is 6.23. The normalized spacial score (nSPS) is 22.0. The van der Waals surface area contributed by atoms with Crippen molar-refractivity contribution in [2.24, 2.45) is 0 Å². The van der Waals surface area contributed by atoms with Gasteiger partial charge >= 0.3 is 0 Å². The highest BCUT2D eigenvalue weighted by molar-refractivity contribution is 5.94. The summed E-state index contributed by atoms with van der Waals surface area (Å²) in [6.45, 7) is 11.7. The number of carbonyl (C=O) groups excluding carboxylic acids is 1. The average Bonchev–Trinajstić information content (AvgIpc) is 2.91. The molecule has 0 atom stereocenters. The predicted molar refractivity (Wildman–Crippen MR) is 127 cm³/mol. The summed E-state index contributed by atoms with van der Waals surface area (Å²) in [4.78, 5) is 20.1. The Morgan fingerprint density at radius 2 is 1.47 bits per heavy atom. The van der Waals surface area contributed by atoms with Crippen LogP contribution in [-0.2, 0) is 6.54 Å². The number of benzene rings is 2. The van der Waals surface area contributed by atoms with Crippen LogP contribution in [0.15, 0.2) is 60.7 Å². The maximum atomic E-state index is 13.1. The topological polar surface area (TPSA) is 50.6 Å². The van der Waals surface area contributed by atoms with Crippen LogP contribution >= 0.6 is 0 Å². The number of piperidine rings is 1. The molecule has 0 bridgehead atoms. The predicted octanol–water partition coefficient (Wildman–Crippen LogP) is 4.52. The summed E-state index contributed by atoms with van der Waals surface area (Å²) >= 11 is 0. The average molecular weight is 431 g/mol. The van der Waals surface area contributed by atoms with Crippen molar-refractivity contribution >= 4 is 5.91 Å². The number of nitriles is 1. The van der Waals surface area contributed by atoms with Crippen molar-refractivity contribution in [2.75, 3.05) is 19.6 Å². The van der Waals surface area contributed by atoms with Gasteiger partial charge in [0.15, 0.2) is 0 Å². The maximum Gasteiger partial charge on any atom is 0.253 e. The Morgan fingerprint density at radius 3 is 2.03 bits per heavy atom. The second-order valence-electron chi connectivity index (χ2n) is 10.1. The third-order valence-corrected chi connectivity index (χ3v) is 7.96. The summed E-state index contributed by atoms with van der Waals surface area (Å²) in [6, 6.07) is 22.6. The number of hydrogen-bond acceptors (Lipinski definition) is 4. The Balaban J connectivity index is 1.66. The van der Waals surface area contributed by atoms with Crippen molar-refractivity contribution in [1.29, 1.82) is 5.26 Å². The Bertz CT molecular complexity index is 985. The van der Waals surface area contributed by atoms with Gasteiger partial charge in [-0.05, 0) is 58.2 Å². The van der Waals surface area contributed by atoms with E-state index in [1.165, 1.54) is 5.56 Å². The Labute approximate surface area is 192 Å². The molecule has 2 aliphatic rings. The van der Waals surface area contributed by atoms with Gasteiger partial charge in [-0.3, -0.25) is 14.6 Å². The number of nitrogens with zero attached hydrogens (tertiary/aromatic N) is 4. The molecule has 0 aromatic heterocycles. The van der Waals surface area contributed by atoms with Crippen LogP contribution in [0.1, 0.15) is 56.5 Å². The van der Waals surface area contributed by atoms with Crippen molar-refractivity contribution in [3.63, 3.8) is 0 Å². The van der Waals surface area contributed by atoms with Crippen LogP contribution in [0.25, 0.3) is 0 Å². The van der Waals surface area contributed by atoms with Gasteiger partial charge < -0.3 is 4.90 Å². The molecule has 0 unspecified atom stereocenters. The molecule has 4 rings (SSSR count). The molecule has 2 fully saturated rings. The molecular formula is C27H34N4O. The SMILES string of the molecule is CC1(C)N(CC#N)C(C)(C)C2(CCN(C(=O)c3ccccc3)CC2)N1Cc1ccccc1. The first-order valence-electron chi connectivity index (χ1n) is 11.5. The molecule has 5 nitrogen and oxygen atoms in total. The molecular weight excluding hydrogens is 396 g/mol. The second kappa shape index (κ2) is 8.35. The first-order chi connectivity index (χ1) is 15.2. The van der Waals surface area contributed by atoms with E-state index in [1.807, 2.05) is 41.3 Å². The summed E-state index contributed by atoms with van der Waals surface area (Å²) in [5, 5.41) is 9.63. The van der Waals surface area contributed by atoms with Crippen LogP contribution < -0.4 is 0 Å². The second-order valence-corrected chi connectivity index (χ2v) is 10.1. The van der Waals surface area contributed by atoms with Crippen LogP contribution in [0.5, 0.6) is 0 Å². The fraction of sp³-hybridized carbons (Fsp3) is 0.481. The zero-order valence-electron chi connectivity index (χ0n) is 19.7. The summed E-state index contributed by atoms with van der Waals surface area (Å²) in [5.41, 5.74) is 1.42. The summed E-state index contributed by atoms with van der Waals surface area (Å²) < 4.78 is 0. The lowest BCUT2D eigenvalue weighted by molar-refractivity contribution is -0.0198. The minimum absolute atomic E-state index is 0.110. The van der Waals surface area contributed by atoms with E-state index in [-0.39, 0.29) is 22.6 Å². The van der Waals surface area contributed by atoms with Gasteiger partial charge in [0.2, 0.25) is 0 Å². The largest absolute Gasteiger partial charge is 0.339 e. The smallest absolute Gasteiger partial charge is 0.253 e. The van der Waals surface area contributed by atoms with Crippen molar-refractivity contribution in [2.45, 2.75) is 63.8 Å². The monoisotopic (exact) mass is 430 g/mol. The maximum absolute atomic E-state index is 13.1. The van der Waals surface area contributed by atoms with Crippen LogP contribution in [-0.4, -0.2) is 57.0 Å². The highest BCUT2D eigenvalue weighted by Crippen LogP contribution is 2.54. The molecule has 0 saturated carbocycles. The third-order valence-electron chi connectivity index (χ3n) is 7.96. The van der Waals surface area contributed by atoms with E-state index in [2.05, 4.69) is 67.8 Å². The van der Waals surface area contributed by atoms with Crippen LogP contribution in [0.3, 0.4) is 0 Å². The van der Waals surface area contributed by atoms with Gasteiger partial charge in [0.05, 0.1) is 18.3 Å². The Morgan fingerprint density at radius 1 is 0.906 bits per heavy atom. The van der Waals surface area contributed by atoms with E-state index in [9.17, 15) is 10.1 Å². The van der Waals surface area contributed by atoms with Gasteiger partial charge in [-0.25, -0.2) is 0 Å². The molecule has 0 N–H and O–H groups in total. The Hall–Kier alpha value is -2.68. The lowest BCUT2D eigenvalue weighted by atomic mass is 9.72. The molecule has 2 aromatic carbocycles. The quantitative estimate of drug-likeness (QED) is 0.670. The minimum Gasteiger partial charge on any atom is -0.339 e. The highest BCUT2D eigenvalue weighted by Gasteiger charge is 2.65. The summed E-state index contributed by atoms with van der Waals surface area (Å²) in [5.74, 6) is 0.110. The third kappa shape index (κ3) is 3.52. The van der Waals surface area contributed by atoms with Gasteiger partial charge in [0.1, 0.15) is 0 Å². The van der Waals surface area contributed by atoms with E-state index >= 15 is 0 Å². The molecule has 0 radical (unpaired) electrons. The lowest BCUT2D eigenvalue weighted by Gasteiger charge is -2.52.